The first-order valence-corrected chi connectivity index (χ1v) is 9.21. The highest BCUT2D eigenvalue weighted by molar-refractivity contribution is 5.79. The van der Waals surface area contributed by atoms with Gasteiger partial charge in [0.15, 0.2) is 5.96 Å². The topological polar surface area (TPSA) is 80.2 Å². The van der Waals surface area contributed by atoms with Crippen LogP contribution in [0.4, 0.5) is 0 Å². The molecule has 0 aliphatic carbocycles. The number of pyridine rings is 1. The van der Waals surface area contributed by atoms with E-state index in [1.807, 2.05) is 12.1 Å². The van der Waals surface area contributed by atoms with E-state index in [1.165, 1.54) is 0 Å². The van der Waals surface area contributed by atoms with Crippen molar-refractivity contribution in [1.82, 2.24) is 20.5 Å². The molecule has 1 fully saturated rings. The van der Waals surface area contributed by atoms with Crippen LogP contribution in [-0.4, -0.2) is 82.1 Å². The molecule has 2 rings (SSSR count). The molecule has 8 heteroatoms. The lowest BCUT2D eigenvalue weighted by atomic mass is 10.3. The summed E-state index contributed by atoms with van der Waals surface area (Å²) in [4.78, 5) is 11.3. The van der Waals surface area contributed by atoms with Crippen molar-refractivity contribution in [3.8, 4) is 5.88 Å². The number of methoxy groups -OCH3 is 1. The predicted octanol–water partition coefficient (Wildman–Crippen LogP) is 0.494. The van der Waals surface area contributed by atoms with Crippen LogP contribution in [0, 0.1) is 0 Å². The first kappa shape index (κ1) is 20.4. The summed E-state index contributed by atoms with van der Waals surface area (Å²) in [6.07, 6.45) is 1.72. The third kappa shape index (κ3) is 7.55. The van der Waals surface area contributed by atoms with Crippen molar-refractivity contribution in [1.29, 1.82) is 0 Å². The Kier molecular flexibility index (Phi) is 9.78. The molecule has 0 unspecified atom stereocenters. The minimum absolute atomic E-state index is 0.474. The molecule has 0 aromatic carbocycles. The number of nitrogens with zero attached hydrogens (tertiary/aromatic N) is 3. The Morgan fingerprint density at radius 2 is 2.15 bits per heavy atom. The third-order valence-corrected chi connectivity index (χ3v) is 3.95. The van der Waals surface area contributed by atoms with E-state index < -0.39 is 0 Å². The van der Waals surface area contributed by atoms with Crippen LogP contribution in [0.1, 0.15) is 12.5 Å². The maximum absolute atomic E-state index is 5.67. The maximum atomic E-state index is 5.67. The van der Waals surface area contributed by atoms with Crippen LogP contribution in [0.15, 0.2) is 23.3 Å². The van der Waals surface area contributed by atoms with Crippen molar-refractivity contribution >= 4 is 5.96 Å². The molecule has 0 amide bonds. The number of hydrogen-bond acceptors (Lipinski definition) is 6. The maximum Gasteiger partial charge on any atom is 0.218 e. The summed E-state index contributed by atoms with van der Waals surface area (Å²) in [7, 11) is 1.65. The average Bonchev–Trinajstić information content (AvgIpc) is 2.68. The van der Waals surface area contributed by atoms with Crippen molar-refractivity contribution in [3.63, 3.8) is 0 Å². The normalized spacial score (nSPS) is 15.7. The van der Waals surface area contributed by atoms with Crippen LogP contribution in [0.5, 0.6) is 5.88 Å². The molecular formula is C18H31N5O3. The summed E-state index contributed by atoms with van der Waals surface area (Å²) in [5, 5.41) is 6.66. The number of ether oxygens (including phenoxy) is 3. The van der Waals surface area contributed by atoms with E-state index in [1.54, 1.807) is 13.3 Å². The lowest BCUT2D eigenvalue weighted by Crippen LogP contribution is -2.44. The Morgan fingerprint density at radius 1 is 1.31 bits per heavy atom. The molecule has 0 saturated carbocycles. The Bertz CT molecular complexity index is 535. The zero-order chi connectivity index (χ0) is 18.5. The van der Waals surface area contributed by atoms with Crippen molar-refractivity contribution in [2.24, 2.45) is 4.99 Å². The lowest BCUT2D eigenvalue weighted by Gasteiger charge is -2.26. The minimum Gasteiger partial charge on any atom is -0.475 e. The van der Waals surface area contributed by atoms with E-state index in [2.05, 4.69) is 32.4 Å². The van der Waals surface area contributed by atoms with Gasteiger partial charge in [-0.1, -0.05) is 6.07 Å². The van der Waals surface area contributed by atoms with Crippen LogP contribution in [0.3, 0.4) is 0 Å². The Balaban J connectivity index is 1.85. The molecule has 1 aliphatic heterocycles. The number of morpholine rings is 1. The smallest absolute Gasteiger partial charge is 0.218 e. The molecule has 1 aliphatic rings. The number of nitrogens with one attached hydrogen (secondary N) is 2. The second-order valence-corrected chi connectivity index (χ2v) is 5.88. The summed E-state index contributed by atoms with van der Waals surface area (Å²) in [6, 6.07) is 3.88. The Labute approximate surface area is 155 Å². The molecule has 1 saturated heterocycles. The van der Waals surface area contributed by atoms with Gasteiger partial charge in [-0.25, -0.2) is 9.98 Å². The highest BCUT2D eigenvalue weighted by atomic mass is 16.5. The molecule has 2 N–H and O–H groups in total. The van der Waals surface area contributed by atoms with E-state index in [9.17, 15) is 0 Å². The fourth-order valence-electron chi connectivity index (χ4n) is 2.56. The zero-order valence-electron chi connectivity index (χ0n) is 15.9. The SMILES string of the molecule is CCNC(=NCc1cccnc1OCCOC)NCCN1CCOCC1. The van der Waals surface area contributed by atoms with E-state index in [0.29, 0.717) is 25.6 Å². The minimum atomic E-state index is 0.474. The molecule has 1 aromatic heterocycles. The lowest BCUT2D eigenvalue weighted by molar-refractivity contribution is 0.0389. The fourth-order valence-corrected chi connectivity index (χ4v) is 2.56. The fraction of sp³-hybridized carbons (Fsp3) is 0.667. The second-order valence-electron chi connectivity index (χ2n) is 5.88. The van der Waals surface area contributed by atoms with Crippen molar-refractivity contribution in [2.75, 3.05) is 66.3 Å². The molecule has 0 bridgehead atoms. The van der Waals surface area contributed by atoms with Crippen LogP contribution in [-0.2, 0) is 16.0 Å². The second kappa shape index (κ2) is 12.5. The van der Waals surface area contributed by atoms with Crippen molar-refractivity contribution in [2.45, 2.75) is 13.5 Å². The van der Waals surface area contributed by atoms with Gasteiger partial charge in [0.2, 0.25) is 5.88 Å². The Morgan fingerprint density at radius 3 is 2.92 bits per heavy atom. The van der Waals surface area contributed by atoms with Gasteiger partial charge in [0.05, 0.1) is 26.4 Å². The van der Waals surface area contributed by atoms with Crippen molar-refractivity contribution in [3.05, 3.63) is 23.9 Å². The van der Waals surface area contributed by atoms with Crippen LogP contribution in [0.25, 0.3) is 0 Å². The number of hydrogen-bond donors (Lipinski definition) is 2. The van der Waals surface area contributed by atoms with Gasteiger partial charge in [-0.15, -0.1) is 0 Å². The summed E-state index contributed by atoms with van der Waals surface area (Å²) in [6.45, 7) is 9.83. The summed E-state index contributed by atoms with van der Waals surface area (Å²) >= 11 is 0. The van der Waals surface area contributed by atoms with Crippen LogP contribution < -0.4 is 15.4 Å². The number of guanidine groups is 1. The first-order valence-electron chi connectivity index (χ1n) is 9.21. The van der Waals surface area contributed by atoms with Crippen LogP contribution in [0.2, 0.25) is 0 Å². The molecule has 26 heavy (non-hydrogen) atoms. The predicted molar refractivity (Wildman–Crippen MR) is 102 cm³/mol. The highest BCUT2D eigenvalue weighted by Crippen LogP contribution is 2.15. The highest BCUT2D eigenvalue weighted by Gasteiger charge is 2.10. The summed E-state index contributed by atoms with van der Waals surface area (Å²) in [5.41, 5.74) is 0.953. The summed E-state index contributed by atoms with van der Waals surface area (Å²) in [5.74, 6) is 1.41. The molecule has 0 spiro atoms. The monoisotopic (exact) mass is 365 g/mol. The number of aliphatic imine (C=N–C) groups is 1. The molecule has 2 heterocycles. The van der Waals surface area contributed by atoms with E-state index >= 15 is 0 Å². The average molecular weight is 365 g/mol. The standard InChI is InChI=1S/C18H31N5O3/c1-3-19-18(21-7-8-23-9-11-25-12-10-23)22-15-16-5-4-6-20-17(16)26-14-13-24-2/h4-6H,3,7-15H2,1-2H3,(H2,19,21,22). The molecule has 8 nitrogen and oxygen atoms in total. The van der Waals surface area contributed by atoms with E-state index in [0.717, 1.165) is 57.5 Å². The molecular weight excluding hydrogens is 334 g/mol. The number of rotatable bonds is 10. The van der Waals surface area contributed by atoms with Crippen molar-refractivity contribution < 1.29 is 14.2 Å². The van der Waals surface area contributed by atoms with E-state index in [4.69, 9.17) is 14.2 Å². The van der Waals surface area contributed by atoms with Gasteiger partial charge in [0.25, 0.3) is 0 Å². The van der Waals surface area contributed by atoms with Gasteiger partial charge in [-0.05, 0) is 13.0 Å². The third-order valence-electron chi connectivity index (χ3n) is 3.95. The number of aromatic nitrogens is 1. The van der Waals surface area contributed by atoms with Gasteiger partial charge in [-0.2, -0.15) is 0 Å². The molecule has 0 radical (unpaired) electrons. The zero-order valence-corrected chi connectivity index (χ0v) is 15.9. The Hall–Kier alpha value is -1.90. The van der Waals surface area contributed by atoms with Gasteiger partial charge in [0, 0.05) is 51.6 Å². The van der Waals surface area contributed by atoms with E-state index in [-0.39, 0.29) is 0 Å². The molecule has 1 aromatic rings. The molecule has 146 valence electrons. The van der Waals surface area contributed by atoms with Gasteiger partial charge in [-0.3, -0.25) is 4.90 Å². The van der Waals surface area contributed by atoms with Crippen LogP contribution >= 0.6 is 0 Å². The first-order chi connectivity index (χ1) is 12.8. The quantitative estimate of drug-likeness (QED) is 0.355. The van der Waals surface area contributed by atoms with Gasteiger partial charge >= 0.3 is 0 Å². The van der Waals surface area contributed by atoms with Gasteiger partial charge in [0.1, 0.15) is 6.61 Å². The largest absolute Gasteiger partial charge is 0.475 e. The van der Waals surface area contributed by atoms with Gasteiger partial charge < -0.3 is 24.8 Å². The summed E-state index contributed by atoms with van der Waals surface area (Å²) < 4.78 is 16.1. The molecule has 0 atom stereocenters.